The van der Waals surface area contributed by atoms with E-state index in [0.29, 0.717) is 5.92 Å². The van der Waals surface area contributed by atoms with Crippen LogP contribution in [0.15, 0.2) is 76.8 Å². The zero-order chi connectivity index (χ0) is 20.6. The minimum atomic E-state index is -3.57. The molecule has 1 aliphatic rings. The summed E-state index contributed by atoms with van der Waals surface area (Å²) < 4.78 is 29.9. The van der Waals surface area contributed by atoms with Crippen molar-refractivity contribution in [3.05, 3.63) is 83.9 Å². The van der Waals surface area contributed by atoms with Gasteiger partial charge < -0.3 is 9.40 Å². The van der Waals surface area contributed by atoms with Gasteiger partial charge in [-0.1, -0.05) is 42.5 Å². The van der Waals surface area contributed by atoms with Crippen LogP contribution >= 0.6 is 0 Å². The van der Waals surface area contributed by atoms with Crippen LogP contribution in [0.4, 0.5) is 0 Å². The number of nitrogens with zero attached hydrogens (tertiary/aromatic N) is 2. The fraction of sp³-hybridized carbons (Fsp3) is 0.261. The average molecular weight is 422 g/mol. The van der Waals surface area contributed by atoms with Crippen molar-refractivity contribution in [2.75, 3.05) is 13.1 Å². The van der Waals surface area contributed by atoms with Gasteiger partial charge in [-0.2, -0.15) is 0 Å². The number of fused-ring (bicyclic) bond motifs is 1. The largest absolute Gasteiger partial charge is 0.437 e. The molecule has 154 valence electrons. The van der Waals surface area contributed by atoms with E-state index in [1.807, 2.05) is 24.3 Å². The van der Waals surface area contributed by atoms with Gasteiger partial charge in [0.05, 0.1) is 11.9 Å². The minimum Gasteiger partial charge on any atom is -0.437 e. The second kappa shape index (κ2) is 7.74. The molecule has 2 aromatic carbocycles. The molecule has 1 unspecified atom stereocenters. The molecule has 1 aliphatic heterocycles. The Morgan fingerprint density at radius 1 is 1.17 bits per heavy atom. The van der Waals surface area contributed by atoms with E-state index < -0.39 is 9.84 Å². The van der Waals surface area contributed by atoms with Gasteiger partial charge in [0.1, 0.15) is 6.26 Å². The Morgan fingerprint density at radius 3 is 2.93 bits per heavy atom. The highest BCUT2D eigenvalue weighted by Gasteiger charge is 2.26. The van der Waals surface area contributed by atoms with Crippen molar-refractivity contribution in [2.45, 2.75) is 29.9 Å². The van der Waals surface area contributed by atoms with E-state index in [-0.39, 0.29) is 11.0 Å². The van der Waals surface area contributed by atoms with Crippen LogP contribution in [0.1, 0.15) is 29.0 Å². The van der Waals surface area contributed by atoms with E-state index in [0.717, 1.165) is 31.6 Å². The van der Waals surface area contributed by atoms with Crippen molar-refractivity contribution in [1.29, 1.82) is 0 Å². The first-order valence-corrected chi connectivity index (χ1v) is 11.7. The molecule has 0 saturated carbocycles. The third-order valence-electron chi connectivity index (χ3n) is 5.80. The molecule has 2 aromatic heterocycles. The predicted octanol–water partition coefficient (Wildman–Crippen LogP) is 4.12. The summed E-state index contributed by atoms with van der Waals surface area (Å²) in [6, 6.07) is 16.3. The quantitative estimate of drug-likeness (QED) is 0.507. The number of aromatic amines is 1. The number of para-hydroxylation sites is 1. The SMILES string of the molecule is O=S(=O)(Cc1cccc(C2CCN(Cc3c[nH]c4ccccc34)C2)c1)c1ncco1. The molecule has 1 fully saturated rings. The maximum Gasteiger partial charge on any atom is 0.315 e. The molecule has 6 nitrogen and oxygen atoms in total. The standard InChI is InChI=1S/C23H23N3O3S/c27-30(28,23-24-9-11-29-23)16-17-4-3-5-18(12-17)19-8-10-26(14-19)15-20-13-25-22-7-2-1-6-21(20)22/h1-7,9,11-13,19,25H,8,10,14-16H2. The van der Waals surface area contributed by atoms with Gasteiger partial charge in [0.2, 0.25) is 9.84 Å². The highest BCUT2D eigenvalue weighted by atomic mass is 32.2. The molecule has 0 spiro atoms. The highest BCUT2D eigenvalue weighted by Crippen LogP contribution is 2.30. The van der Waals surface area contributed by atoms with Crippen LogP contribution in [0.5, 0.6) is 0 Å². The summed E-state index contributed by atoms with van der Waals surface area (Å²) in [6.07, 6.45) is 5.80. The van der Waals surface area contributed by atoms with E-state index in [4.69, 9.17) is 4.42 Å². The van der Waals surface area contributed by atoms with Crippen LogP contribution in [0.3, 0.4) is 0 Å². The first-order chi connectivity index (χ1) is 14.6. The molecule has 0 radical (unpaired) electrons. The molecule has 1 N–H and O–H groups in total. The maximum atomic E-state index is 12.5. The lowest BCUT2D eigenvalue weighted by molar-refractivity contribution is 0.328. The summed E-state index contributed by atoms with van der Waals surface area (Å²) in [5, 5.41) is 1.05. The van der Waals surface area contributed by atoms with Gasteiger partial charge in [-0.05, 0) is 41.6 Å². The summed E-state index contributed by atoms with van der Waals surface area (Å²) in [7, 11) is -3.57. The van der Waals surface area contributed by atoms with Crippen LogP contribution in [0.25, 0.3) is 10.9 Å². The molecule has 5 rings (SSSR count). The molecular formula is C23H23N3O3S. The number of hydrogen-bond donors (Lipinski definition) is 1. The van der Waals surface area contributed by atoms with E-state index in [9.17, 15) is 8.42 Å². The van der Waals surface area contributed by atoms with Crippen LogP contribution < -0.4 is 0 Å². The fourth-order valence-corrected chi connectivity index (χ4v) is 5.50. The number of hydrogen-bond acceptors (Lipinski definition) is 5. The molecule has 0 amide bonds. The van der Waals surface area contributed by atoms with Gasteiger partial charge >= 0.3 is 5.22 Å². The number of nitrogens with one attached hydrogen (secondary N) is 1. The number of rotatable bonds is 6. The molecule has 1 atom stereocenters. The molecule has 30 heavy (non-hydrogen) atoms. The van der Waals surface area contributed by atoms with Gasteiger partial charge in [0, 0.05) is 30.2 Å². The highest BCUT2D eigenvalue weighted by molar-refractivity contribution is 7.90. The summed E-state index contributed by atoms with van der Waals surface area (Å²) in [4.78, 5) is 9.61. The topological polar surface area (TPSA) is 79.2 Å². The zero-order valence-corrected chi connectivity index (χ0v) is 17.3. The van der Waals surface area contributed by atoms with Gasteiger partial charge in [0.15, 0.2) is 0 Å². The lowest BCUT2D eigenvalue weighted by Crippen LogP contribution is -2.19. The molecule has 0 aliphatic carbocycles. The van der Waals surface area contributed by atoms with Crippen LogP contribution in [-0.2, 0) is 22.1 Å². The van der Waals surface area contributed by atoms with Crippen molar-refractivity contribution in [2.24, 2.45) is 0 Å². The van der Waals surface area contributed by atoms with Gasteiger partial charge in [-0.25, -0.2) is 13.4 Å². The second-order valence-electron chi connectivity index (χ2n) is 7.88. The second-order valence-corrected chi connectivity index (χ2v) is 9.75. The van der Waals surface area contributed by atoms with E-state index in [1.54, 1.807) is 0 Å². The fourth-order valence-electron chi connectivity index (χ4n) is 4.33. The molecule has 1 saturated heterocycles. The van der Waals surface area contributed by atoms with Crippen molar-refractivity contribution < 1.29 is 12.8 Å². The first kappa shape index (κ1) is 19.1. The van der Waals surface area contributed by atoms with Gasteiger partial charge in [-0.15, -0.1) is 0 Å². The number of benzene rings is 2. The number of likely N-dealkylation sites (tertiary alicyclic amines) is 1. The third-order valence-corrected chi connectivity index (χ3v) is 7.24. The van der Waals surface area contributed by atoms with Crippen molar-refractivity contribution in [3.8, 4) is 0 Å². The normalized spacial score (nSPS) is 17.7. The lowest BCUT2D eigenvalue weighted by Gasteiger charge is -2.16. The molecule has 7 heteroatoms. The van der Waals surface area contributed by atoms with Crippen LogP contribution in [0, 0.1) is 0 Å². The van der Waals surface area contributed by atoms with Crippen molar-refractivity contribution >= 4 is 20.7 Å². The Hall–Kier alpha value is -2.90. The number of H-pyrrole nitrogens is 1. The Kier molecular flexibility index (Phi) is 4.92. The predicted molar refractivity (Wildman–Crippen MR) is 115 cm³/mol. The minimum absolute atomic E-state index is 0.104. The summed E-state index contributed by atoms with van der Waals surface area (Å²) in [5.74, 6) is 0.298. The summed E-state index contributed by atoms with van der Waals surface area (Å²) >= 11 is 0. The van der Waals surface area contributed by atoms with Gasteiger partial charge in [0.25, 0.3) is 0 Å². The Labute approximate surface area is 175 Å². The number of oxazole rings is 1. The lowest BCUT2D eigenvalue weighted by atomic mass is 9.97. The molecule has 0 bridgehead atoms. The number of sulfone groups is 1. The van der Waals surface area contributed by atoms with Gasteiger partial charge in [-0.3, -0.25) is 4.90 Å². The van der Waals surface area contributed by atoms with E-state index in [2.05, 4.69) is 45.3 Å². The molecule has 3 heterocycles. The Bertz CT molecular complexity index is 1260. The smallest absolute Gasteiger partial charge is 0.315 e. The molecule has 4 aromatic rings. The monoisotopic (exact) mass is 421 g/mol. The Balaban J connectivity index is 1.28. The molecular weight excluding hydrogens is 398 g/mol. The van der Waals surface area contributed by atoms with Crippen LogP contribution in [0.2, 0.25) is 0 Å². The van der Waals surface area contributed by atoms with Crippen molar-refractivity contribution in [3.63, 3.8) is 0 Å². The van der Waals surface area contributed by atoms with Crippen molar-refractivity contribution in [1.82, 2.24) is 14.9 Å². The zero-order valence-electron chi connectivity index (χ0n) is 16.5. The first-order valence-electron chi connectivity index (χ1n) is 10.1. The summed E-state index contributed by atoms with van der Waals surface area (Å²) in [6.45, 7) is 2.91. The third kappa shape index (κ3) is 3.78. The van der Waals surface area contributed by atoms with Crippen LogP contribution in [-0.4, -0.2) is 36.4 Å². The average Bonchev–Trinajstić information content (AvgIpc) is 3.50. The maximum absolute atomic E-state index is 12.5. The summed E-state index contributed by atoms with van der Waals surface area (Å²) in [5.41, 5.74) is 4.44. The Morgan fingerprint density at radius 2 is 2.07 bits per heavy atom. The van der Waals surface area contributed by atoms with E-state index in [1.165, 1.54) is 34.5 Å². The van der Waals surface area contributed by atoms with E-state index >= 15 is 0 Å². The number of aromatic nitrogens is 2.